The van der Waals surface area contributed by atoms with Crippen LogP contribution < -0.4 is 10.6 Å². The summed E-state index contributed by atoms with van der Waals surface area (Å²) in [5.41, 5.74) is 7.14. The molecule has 104 valence electrons. The maximum atomic E-state index is 11.5. The number of aromatic nitrogens is 1. The highest BCUT2D eigenvalue weighted by Gasteiger charge is 2.25. The second-order valence-electron chi connectivity index (χ2n) is 5.07. The number of carbonyl (C=O) groups is 1. The van der Waals surface area contributed by atoms with Crippen LogP contribution in [0.3, 0.4) is 0 Å². The molecule has 2 N–H and O–H groups in total. The van der Waals surface area contributed by atoms with Crippen molar-refractivity contribution in [2.24, 2.45) is 11.7 Å². The normalized spacial score (nSPS) is 23.2. The van der Waals surface area contributed by atoms with E-state index < -0.39 is 5.97 Å². The highest BCUT2D eigenvalue weighted by atomic mass is 16.5. The molecule has 0 amide bonds. The van der Waals surface area contributed by atoms with Gasteiger partial charge in [0.05, 0.1) is 7.11 Å². The van der Waals surface area contributed by atoms with Crippen LogP contribution in [0.15, 0.2) is 18.3 Å². The Morgan fingerprint density at radius 1 is 1.58 bits per heavy atom. The summed E-state index contributed by atoms with van der Waals surface area (Å²) in [6.07, 6.45) is 3.95. The molecule has 0 radical (unpaired) electrons. The molecule has 1 aliphatic heterocycles. The summed E-state index contributed by atoms with van der Waals surface area (Å²) < 4.78 is 4.71. The third-order valence-corrected chi connectivity index (χ3v) is 3.78. The number of hydrogen-bond donors (Lipinski definition) is 1. The Kier molecular flexibility index (Phi) is 4.37. The largest absolute Gasteiger partial charge is 0.464 e. The Labute approximate surface area is 113 Å². The fourth-order valence-electron chi connectivity index (χ4n) is 2.55. The SMILES string of the molecule is COC(=O)c1cc(N2CC(CN)CCC2C)ccn1. The Bertz CT molecular complexity index is 450. The molecule has 1 aromatic rings. The number of methoxy groups -OCH3 is 1. The minimum atomic E-state index is -0.401. The zero-order chi connectivity index (χ0) is 13.8. The summed E-state index contributed by atoms with van der Waals surface area (Å²) in [5, 5.41) is 0. The fourth-order valence-corrected chi connectivity index (χ4v) is 2.55. The molecular formula is C14H21N3O2. The number of nitrogens with zero attached hydrogens (tertiary/aromatic N) is 2. The molecular weight excluding hydrogens is 242 g/mol. The Balaban J connectivity index is 2.22. The second kappa shape index (κ2) is 6.02. The van der Waals surface area contributed by atoms with Gasteiger partial charge in [0.2, 0.25) is 0 Å². The molecule has 0 saturated carbocycles. The van der Waals surface area contributed by atoms with Gasteiger partial charge in [-0.1, -0.05) is 0 Å². The van der Waals surface area contributed by atoms with E-state index >= 15 is 0 Å². The van der Waals surface area contributed by atoms with Crippen molar-refractivity contribution in [3.63, 3.8) is 0 Å². The van der Waals surface area contributed by atoms with Gasteiger partial charge in [0.1, 0.15) is 5.69 Å². The lowest BCUT2D eigenvalue weighted by Gasteiger charge is -2.39. The molecule has 5 nitrogen and oxygen atoms in total. The van der Waals surface area contributed by atoms with Crippen LogP contribution in [0.5, 0.6) is 0 Å². The van der Waals surface area contributed by atoms with Crippen molar-refractivity contribution in [2.45, 2.75) is 25.8 Å². The average molecular weight is 263 g/mol. The molecule has 5 heteroatoms. The van der Waals surface area contributed by atoms with Gasteiger partial charge >= 0.3 is 5.97 Å². The number of carbonyl (C=O) groups excluding carboxylic acids is 1. The van der Waals surface area contributed by atoms with Crippen LogP contribution in [0.4, 0.5) is 5.69 Å². The smallest absolute Gasteiger partial charge is 0.356 e. The van der Waals surface area contributed by atoms with E-state index in [1.807, 2.05) is 6.07 Å². The third kappa shape index (κ3) is 3.04. The van der Waals surface area contributed by atoms with E-state index in [0.717, 1.165) is 18.7 Å². The molecule has 1 saturated heterocycles. The first-order valence-corrected chi connectivity index (χ1v) is 6.66. The number of hydrogen-bond acceptors (Lipinski definition) is 5. The molecule has 2 atom stereocenters. The van der Waals surface area contributed by atoms with Gasteiger partial charge in [-0.25, -0.2) is 9.78 Å². The minimum absolute atomic E-state index is 0.349. The summed E-state index contributed by atoms with van der Waals surface area (Å²) in [6, 6.07) is 4.18. The number of pyridine rings is 1. The van der Waals surface area contributed by atoms with Crippen molar-refractivity contribution >= 4 is 11.7 Å². The summed E-state index contributed by atoms with van der Waals surface area (Å²) in [4.78, 5) is 17.9. The Hall–Kier alpha value is -1.62. The van der Waals surface area contributed by atoms with Gasteiger partial charge in [-0.3, -0.25) is 0 Å². The predicted molar refractivity (Wildman–Crippen MR) is 74.2 cm³/mol. The molecule has 1 aromatic heterocycles. The second-order valence-corrected chi connectivity index (χ2v) is 5.07. The number of ether oxygens (including phenoxy) is 1. The third-order valence-electron chi connectivity index (χ3n) is 3.78. The van der Waals surface area contributed by atoms with Crippen LogP contribution >= 0.6 is 0 Å². The van der Waals surface area contributed by atoms with Gasteiger partial charge < -0.3 is 15.4 Å². The Morgan fingerprint density at radius 2 is 2.37 bits per heavy atom. The average Bonchev–Trinajstić information content (AvgIpc) is 2.47. The standard InChI is InChI=1S/C14H21N3O2/c1-10-3-4-11(8-15)9-17(10)12-5-6-16-13(7-12)14(18)19-2/h5-7,10-11H,3-4,8-9,15H2,1-2H3. The van der Waals surface area contributed by atoms with E-state index in [9.17, 15) is 4.79 Å². The van der Waals surface area contributed by atoms with Crippen LogP contribution in [0, 0.1) is 5.92 Å². The number of rotatable bonds is 3. The van der Waals surface area contributed by atoms with Crippen LogP contribution in [-0.2, 0) is 4.74 Å². The molecule has 1 aliphatic rings. The lowest BCUT2D eigenvalue weighted by molar-refractivity contribution is 0.0594. The summed E-state index contributed by atoms with van der Waals surface area (Å²) in [7, 11) is 1.37. The first-order valence-electron chi connectivity index (χ1n) is 6.66. The van der Waals surface area contributed by atoms with Gasteiger partial charge in [-0.05, 0) is 44.4 Å². The van der Waals surface area contributed by atoms with Crippen molar-refractivity contribution in [1.82, 2.24) is 4.98 Å². The summed E-state index contributed by atoms with van der Waals surface area (Å²) in [6.45, 7) is 3.84. The monoisotopic (exact) mass is 263 g/mol. The molecule has 0 aliphatic carbocycles. The van der Waals surface area contributed by atoms with Crippen molar-refractivity contribution in [2.75, 3.05) is 25.1 Å². The first kappa shape index (κ1) is 13.8. The summed E-state index contributed by atoms with van der Waals surface area (Å²) >= 11 is 0. The van der Waals surface area contributed by atoms with E-state index in [-0.39, 0.29) is 0 Å². The molecule has 2 rings (SSSR count). The van der Waals surface area contributed by atoms with E-state index in [1.54, 1.807) is 12.3 Å². The minimum Gasteiger partial charge on any atom is -0.464 e. The van der Waals surface area contributed by atoms with Crippen molar-refractivity contribution in [1.29, 1.82) is 0 Å². The van der Waals surface area contributed by atoms with Gasteiger partial charge in [0.25, 0.3) is 0 Å². The molecule has 19 heavy (non-hydrogen) atoms. The van der Waals surface area contributed by atoms with Crippen LogP contribution in [-0.4, -0.2) is 37.2 Å². The molecule has 0 bridgehead atoms. The first-order chi connectivity index (χ1) is 9.15. The van der Waals surface area contributed by atoms with Crippen molar-refractivity contribution < 1.29 is 9.53 Å². The van der Waals surface area contributed by atoms with E-state index in [4.69, 9.17) is 10.5 Å². The lowest BCUT2D eigenvalue weighted by atomic mass is 9.93. The van der Waals surface area contributed by atoms with E-state index in [1.165, 1.54) is 13.5 Å². The van der Waals surface area contributed by atoms with Crippen molar-refractivity contribution in [3.8, 4) is 0 Å². The molecule has 0 spiro atoms. The lowest BCUT2D eigenvalue weighted by Crippen LogP contribution is -2.44. The highest BCUT2D eigenvalue weighted by molar-refractivity contribution is 5.88. The van der Waals surface area contributed by atoms with E-state index in [0.29, 0.717) is 24.2 Å². The highest BCUT2D eigenvalue weighted by Crippen LogP contribution is 2.27. The van der Waals surface area contributed by atoms with Crippen LogP contribution in [0.25, 0.3) is 0 Å². The fraction of sp³-hybridized carbons (Fsp3) is 0.571. The topological polar surface area (TPSA) is 68.5 Å². The van der Waals surface area contributed by atoms with Crippen LogP contribution in [0.2, 0.25) is 0 Å². The van der Waals surface area contributed by atoms with Crippen molar-refractivity contribution in [3.05, 3.63) is 24.0 Å². The Morgan fingerprint density at radius 3 is 3.05 bits per heavy atom. The maximum absolute atomic E-state index is 11.5. The molecule has 2 unspecified atom stereocenters. The maximum Gasteiger partial charge on any atom is 0.356 e. The van der Waals surface area contributed by atoms with E-state index in [2.05, 4.69) is 16.8 Å². The quantitative estimate of drug-likeness (QED) is 0.836. The predicted octanol–water partition coefficient (Wildman–Crippen LogP) is 1.43. The number of piperidine rings is 1. The summed E-state index contributed by atoms with van der Waals surface area (Å²) in [5.74, 6) is 0.118. The molecule has 2 heterocycles. The number of anilines is 1. The zero-order valence-corrected chi connectivity index (χ0v) is 11.5. The molecule has 1 fully saturated rings. The van der Waals surface area contributed by atoms with Gasteiger partial charge in [-0.15, -0.1) is 0 Å². The van der Waals surface area contributed by atoms with Gasteiger partial charge in [0.15, 0.2) is 0 Å². The van der Waals surface area contributed by atoms with Gasteiger partial charge in [-0.2, -0.15) is 0 Å². The molecule has 0 aromatic carbocycles. The number of nitrogens with two attached hydrogens (primary N) is 1. The van der Waals surface area contributed by atoms with Crippen LogP contribution in [0.1, 0.15) is 30.3 Å². The number of esters is 1. The van der Waals surface area contributed by atoms with Gasteiger partial charge in [0, 0.05) is 24.5 Å². The zero-order valence-electron chi connectivity index (χ0n) is 11.5.